The molecule has 1 saturated heterocycles. The molecule has 2 N–H and O–H groups in total. The smallest absolute Gasteiger partial charge is 0.323 e. The lowest BCUT2D eigenvalue weighted by atomic mass is 9.99. The van der Waals surface area contributed by atoms with Gasteiger partial charge in [0.15, 0.2) is 0 Å². The van der Waals surface area contributed by atoms with E-state index in [1.807, 2.05) is 6.92 Å². The zero-order valence-corrected chi connectivity index (χ0v) is 12.9. The number of piperidine rings is 1. The van der Waals surface area contributed by atoms with Crippen LogP contribution in [0.1, 0.15) is 33.1 Å². The van der Waals surface area contributed by atoms with Gasteiger partial charge in [0.05, 0.1) is 6.61 Å². The maximum absolute atomic E-state index is 9.35. The second-order valence-corrected chi connectivity index (χ2v) is 5.24. The van der Waals surface area contributed by atoms with Gasteiger partial charge in [-0.3, -0.25) is 0 Å². The van der Waals surface area contributed by atoms with Crippen LogP contribution in [0.5, 0.6) is 6.01 Å². The molecule has 1 aromatic rings. The lowest BCUT2D eigenvalue weighted by molar-refractivity contribution is 0.208. The van der Waals surface area contributed by atoms with Gasteiger partial charge in [0.1, 0.15) is 0 Å². The first-order valence-electron chi connectivity index (χ1n) is 7.75. The normalized spacial score (nSPS) is 18.6. The van der Waals surface area contributed by atoms with Crippen molar-refractivity contribution in [2.75, 3.05) is 43.1 Å². The Morgan fingerprint density at radius 3 is 2.90 bits per heavy atom. The number of hydrogen-bond acceptors (Lipinski definition) is 7. The van der Waals surface area contributed by atoms with E-state index in [9.17, 15) is 5.11 Å². The first kappa shape index (κ1) is 15.8. The molecule has 7 heteroatoms. The molecular weight excluding hydrogens is 270 g/mol. The third kappa shape index (κ3) is 4.42. The van der Waals surface area contributed by atoms with Gasteiger partial charge in [0, 0.05) is 26.2 Å². The standard InChI is InChI=1S/C14H25N5O2/c1-3-7-15-12-16-13(18-14(17-12)21-4-2)19-8-5-6-11(9-19)10-20/h11,20H,3-10H2,1-2H3,(H,15,16,17,18). The first-order valence-corrected chi connectivity index (χ1v) is 7.75. The Morgan fingerprint density at radius 2 is 2.19 bits per heavy atom. The van der Waals surface area contributed by atoms with Crippen molar-refractivity contribution in [2.24, 2.45) is 5.92 Å². The largest absolute Gasteiger partial charge is 0.464 e. The fourth-order valence-electron chi connectivity index (χ4n) is 2.39. The highest BCUT2D eigenvalue weighted by Crippen LogP contribution is 2.22. The van der Waals surface area contributed by atoms with Crippen LogP contribution in [-0.4, -0.2) is 52.9 Å². The third-order valence-corrected chi connectivity index (χ3v) is 3.47. The van der Waals surface area contributed by atoms with E-state index < -0.39 is 0 Å². The van der Waals surface area contributed by atoms with Crippen molar-refractivity contribution in [1.82, 2.24) is 15.0 Å². The molecule has 2 heterocycles. The fourth-order valence-corrected chi connectivity index (χ4v) is 2.39. The molecule has 0 aliphatic carbocycles. The van der Waals surface area contributed by atoms with Gasteiger partial charge < -0.3 is 20.1 Å². The van der Waals surface area contributed by atoms with Crippen LogP contribution in [0.25, 0.3) is 0 Å². The molecule has 1 aromatic heterocycles. The summed E-state index contributed by atoms with van der Waals surface area (Å²) in [4.78, 5) is 15.2. The molecule has 0 spiro atoms. The van der Waals surface area contributed by atoms with Crippen molar-refractivity contribution in [3.63, 3.8) is 0 Å². The van der Waals surface area contributed by atoms with Crippen molar-refractivity contribution < 1.29 is 9.84 Å². The van der Waals surface area contributed by atoms with Crippen LogP contribution in [0.3, 0.4) is 0 Å². The predicted octanol–water partition coefficient (Wildman–Crippen LogP) is 1.30. The maximum Gasteiger partial charge on any atom is 0.323 e. The molecule has 7 nitrogen and oxygen atoms in total. The lowest BCUT2D eigenvalue weighted by Crippen LogP contribution is -2.38. The molecule has 1 aliphatic rings. The zero-order chi connectivity index (χ0) is 15.1. The summed E-state index contributed by atoms with van der Waals surface area (Å²) in [6.45, 7) is 7.23. The van der Waals surface area contributed by atoms with Gasteiger partial charge in [0.25, 0.3) is 0 Å². The van der Waals surface area contributed by atoms with Crippen molar-refractivity contribution in [1.29, 1.82) is 0 Å². The number of nitrogens with zero attached hydrogens (tertiary/aromatic N) is 4. The summed E-state index contributed by atoms with van der Waals surface area (Å²) < 4.78 is 5.43. The maximum atomic E-state index is 9.35. The molecule has 0 saturated carbocycles. The summed E-state index contributed by atoms with van der Waals surface area (Å²) in [7, 11) is 0. The van der Waals surface area contributed by atoms with Crippen molar-refractivity contribution in [3.05, 3.63) is 0 Å². The minimum absolute atomic E-state index is 0.209. The average Bonchev–Trinajstić information content (AvgIpc) is 2.53. The monoisotopic (exact) mass is 295 g/mol. The highest BCUT2D eigenvalue weighted by atomic mass is 16.5. The molecule has 0 amide bonds. The van der Waals surface area contributed by atoms with Crippen LogP contribution >= 0.6 is 0 Å². The molecule has 21 heavy (non-hydrogen) atoms. The van der Waals surface area contributed by atoms with Gasteiger partial charge >= 0.3 is 6.01 Å². The minimum atomic E-state index is 0.209. The second-order valence-electron chi connectivity index (χ2n) is 5.24. The van der Waals surface area contributed by atoms with Crippen LogP contribution in [0.15, 0.2) is 0 Å². The number of hydrogen-bond donors (Lipinski definition) is 2. The molecule has 1 atom stereocenters. The predicted molar refractivity (Wildman–Crippen MR) is 81.8 cm³/mol. The Kier molecular flexibility index (Phi) is 5.98. The van der Waals surface area contributed by atoms with Gasteiger partial charge in [-0.2, -0.15) is 15.0 Å². The number of ether oxygens (including phenoxy) is 1. The molecule has 0 aromatic carbocycles. The van der Waals surface area contributed by atoms with Gasteiger partial charge in [-0.25, -0.2) is 0 Å². The van der Waals surface area contributed by atoms with Crippen LogP contribution in [0.2, 0.25) is 0 Å². The summed E-state index contributed by atoms with van der Waals surface area (Å²) in [6, 6.07) is 0.354. The van der Waals surface area contributed by atoms with Crippen LogP contribution < -0.4 is 15.0 Å². The number of nitrogens with one attached hydrogen (secondary N) is 1. The molecule has 0 radical (unpaired) electrons. The van der Waals surface area contributed by atoms with Crippen LogP contribution in [0.4, 0.5) is 11.9 Å². The number of aliphatic hydroxyl groups excluding tert-OH is 1. The Labute approximate surface area is 125 Å². The topological polar surface area (TPSA) is 83.4 Å². The number of rotatable bonds is 7. The number of aromatic nitrogens is 3. The molecule has 118 valence electrons. The molecule has 1 fully saturated rings. The van der Waals surface area contributed by atoms with Gasteiger partial charge in [-0.15, -0.1) is 0 Å². The van der Waals surface area contributed by atoms with Crippen molar-refractivity contribution in [3.8, 4) is 6.01 Å². The van der Waals surface area contributed by atoms with Gasteiger partial charge in [-0.05, 0) is 32.1 Å². The van der Waals surface area contributed by atoms with E-state index in [-0.39, 0.29) is 12.5 Å². The van der Waals surface area contributed by atoms with E-state index in [1.54, 1.807) is 0 Å². The number of aliphatic hydroxyl groups is 1. The minimum Gasteiger partial charge on any atom is -0.464 e. The Hall–Kier alpha value is -1.63. The van der Waals surface area contributed by atoms with E-state index >= 15 is 0 Å². The van der Waals surface area contributed by atoms with Gasteiger partial charge in [0.2, 0.25) is 11.9 Å². The van der Waals surface area contributed by atoms with E-state index in [4.69, 9.17) is 4.74 Å². The van der Waals surface area contributed by atoms with E-state index in [0.717, 1.165) is 38.9 Å². The molecule has 1 unspecified atom stereocenters. The first-order chi connectivity index (χ1) is 10.3. The summed E-state index contributed by atoms with van der Waals surface area (Å²) >= 11 is 0. The third-order valence-electron chi connectivity index (χ3n) is 3.47. The van der Waals surface area contributed by atoms with E-state index in [1.165, 1.54) is 0 Å². The molecule has 2 rings (SSSR count). The van der Waals surface area contributed by atoms with Crippen molar-refractivity contribution in [2.45, 2.75) is 33.1 Å². The summed E-state index contributed by atoms with van der Waals surface area (Å²) in [5.74, 6) is 1.47. The Balaban J connectivity index is 2.17. The van der Waals surface area contributed by atoms with Crippen molar-refractivity contribution >= 4 is 11.9 Å². The summed E-state index contributed by atoms with van der Waals surface area (Å²) in [5.41, 5.74) is 0. The zero-order valence-electron chi connectivity index (χ0n) is 12.9. The Morgan fingerprint density at radius 1 is 1.33 bits per heavy atom. The molecular formula is C14H25N5O2. The van der Waals surface area contributed by atoms with E-state index in [0.29, 0.717) is 24.5 Å². The number of anilines is 2. The van der Waals surface area contributed by atoms with Gasteiger partial charge in [-0.1, -0.05) is 6.92 Å². The average molecular weight is 295 g/mol. The molecule has 1 aliphatic heterocycles. The van der Waals surface area contributed by atoms with Crippen LogP contribution in [0, 0.1) is 5.92 Å². The quantitative estimate of drug-likeness (QED) is 0.784. The van der Waals surface area contributed by atoms with E-state index in [2.05, 4.69) is 32.1 Å². The Bertz CT molecular complexity index is 443. The summed E-state index contributed by atoms with van der Waals surface area (Å²) in [5, 5.41) is 12.5. The molecule has 0 bridgehead atoms. The van der Waals surface area contributed by atoms with Crippen LogP contribution in [-0.2, 0) is 0 Å². The summed E-state index contributed by atoms with van der Waals surface area (Å²) in [6.07, 6.45) is 3.09. The fraction of sp³-hybridized carbons (Fsp3) is 0.786. The second kappa shape index (κ2) is 7.97. The highest BCUT2D eigenvalue weighted by molar-refractivity contribution is 5.38. The lowest BCUT2D eigenvalue weighted by Gasteiger charge is -2.31. The SMILES string of the molecule is CCCNc1nc(OCC)nc(N2CCCC(CO)C2)n1. The highest BCUT2D eigenvalue weighted by Gasteiger charge is 2.22.